The lowest BCUT2D eigenvalue weighted by molar-refractivity contribution is -0.706. The Bertz CT molecular complexity index is 480. The first kappa shape index (κ1) is 10.8. The maximum Gasteiger partial charge on any atom is 0.104 e. The number of quaternary nitrogens is 1. The summed E-state index contributed by atoms with van der Waals surface area (Å²) in [6.45, 7) is 1.12. The molecule has 0 amide bonds. The first-order valence-corrected chi connectivity index (χ1v) is 6.82. The Morgan fingerprint density at radius 2 is 1.94 bits per heavy atom. The summed E-state index contributed by atoms with van der Waals surface area (Å²) >= 11 is 0. The lowest BCUT2D eigenvalue weighted by atomic mass is 9.95. The minimum Gasteiger partial charge on any atom is -0.361 e. The third kappa shape index (κ3) is 2.37. The number of aromatic nitrogens is 1. The van der Waals surface area contributed by atoms with Crippen molar-refractivity contribution in [3.05, 3.63) is 36.0 Å². The highest BCUT2D eigenvalue weighted by molar-refractivity contribution is 5.82. The summed E-state index contributed by atoms with van der Waals surface area (Å²) in [4.78, 5) is 3.36. The summed E-state index contributed by atoms with van der Waals surface area (Å²) in [5, 5.41) is 3.92. The minimum atomic E-state index is 0.859. The standard InChI is InChI=1S/C15H20N2/c1-2-6-13(7-3-1)16-10-12-11-17-15-9-5-4-8-14(12)15/h4-5,8-9,11,13,16-17H,1-3,6-7,10H2/p+1. The van der Waals surface area contributed by atoms with Crippen molar-refractivity contribution in [2.45, 2.75) is 44.7 Å². The molecule has 0 radical (unpaired) electrons. The topological polar surface area (TPSA) is 32.4 Å². The van der Waals surface area contributed by atoms with E-state index in [1.165, 1.54) is 48.6 Å². The van der Waals surface area contributed by atoms with Gasteiger partial charge in [0.05, 0.1) is 6.04 Å². The van der Waals surface area contributed by atoms with Gasteiger partial charge in [-0.3, -0.25) is 0 Å². The Morgan fingerprint density at radius 1 is 1.12 bits per heavy atom. The fourth-order valence-corrected chi connectivity index (χ4v) is 2.96. The van der Waals surface area contributed by atoms with Crippen molar-refractivity contribution >= 4 is 10.9 Å². The van der Waals surface area contributed by atoms with Crippen LogP contribution in [-0.2, 0) is 6.54 Å². The minimum absolute atomic E-state index is 0.859. The van der Waals surface area contributed by atoms with Gasteiger partial charge in [-0.25, -0.2) is 0 Å². The van der Waals surface area contributed by atoms with E-state index in [0.717, 1.165) is 12.6 Å². The SMILES string of the molecule is c1ccc2c(C[NH2+]C3CCCCC3)c[nH]c2c1. The number of H-pyrrole nitrogens is 1. The van der Waals surface area contributed by atoms with Crippen LogP contribution in [0.1, 0.15) is 37.7 Å². The molecule has 1 saturated carbocycles. The molecule has 0 saturated heterocycles. The van der Waals surface area contributed by atoms with E-state index in [0.29, 0.717) is 0 Å². The summed E-state index contributed by atoms with van der Waals surface area (Å²) < 4.78 is 0. The molecule has 2 aromatic rings. The third-order valence-corrected chi connectivity index (χ3v) is 4.00. The second kappa shape index (κ2) is 4.92. The van der Waals surface area contributed by atoms with Crippen LogP contribution in [0.2, 0.25) is 0 Å². The van der Waals surface area contributed by atoms with Crippen molar-refractivity contribution in [1.82, 2.24) is 4.98 Å². The van der Waals surface area contributed by atoms with Gasteiger partial charge in [0.2, 0.25) is 0 Å². The lowest BCUT2D eigenvalue weighted by Gasteiger charge is -2.19. The van der Waals surface area contributed by atoms with E-state index >= 15 is 0 Å². The van der Waals surface area contributed by atoms with E-state index in [4.69, 9.17) is 0 Å². The Kier molecular flexibility index (Phi) is 3.14. The molecular formula is C15H21N2+. The number of nitrogens with two attached hydrogens (primary N) is 1. The van der Waals surface area contributed by atoms with Crippen molar-refractivity contribution in [3.8, 4) is 0 Å². The fraction of sp³-hybridized carbons (Fsp3) is 0.467. The monoisotopic (exact) mass is 229 g/mol. The fourth-order valence-electron chi connectivity index (χ4n) is 2.96. The van der Waals surface area contributed by atoms with E-state index in [-0.39, 0.29) is 0 Å². The maximum atomic E-state index is 3.36. The second-order valence-electron chi connectivity index (χ2n) is 5.20. The molecule has 1 aromatic carbocycles. The van der Waals surface area contributed by atoms with E-state index in [1.807, 2.05) is 0 Å². The smallest absolute Gasteiger partial charge is 0.104 e. The molecule has 0 unspecified atom stereocenters. The first-order chi connectivity index (χ1) is 8.43. The van der Waals surface area contributed by atoms with Gasteiger partial charge in [-0.05, 0) is 31.7 Å². The Labute approximate surface area is 102 Å². The molecule has 2 nitrogen and oxygen atoms in total. The van der Waals surface area contributed by atoms with Crippen LogP contribution in [0.3, 0.4) is 0 Å². The number of rotatable bonds is 3. The van der Waals surface area contributed by atoms with Crippen molar-refractivity contribution in [2.75, 3.05) is 0 Å². The van der Waals surface area contributed by atoms with Crippen molar-refractivity contribution in [3.63, 3.8) is 0 Å². The zero-order chi connectivity index (χ0) is 11.5. The number of fused-ring (bicyclic) bond motifs is 1. The molecule has 3 N–H and O–H groups in total. The van der Waals surface area contributed by atoms with E-state index in [9.17, 15) is 0 Å². The molecule has 0 bridgehead atoms. The molecule has 90 valence electrons. The van der Waals surface area contributed by atoms with Gasteiger partial charge < -0.3 is 10.3 Å². The van der Waals surface area contributed by atoms with Crippen LogP contribution < -0.4 is 5.32 Å². The van der Waals surface area contributed by atoms with Crippen LogP contribution in [0.5, 0.6) is 0 Å². The van der Waals surface area contributed by atoms with Crippen LogP contribution in [0.4, 0.5) is 0 Å². The summed E-state index contributed by atoms with van der Waals surface area (Å²) in [5.74, 6) is 0. The third-order valence-electron chi connectivity index (χ3n) is 4.00. The number of hydrogen-bond acceptors (Lipinski definition) is 0. The van der Waals surface area contributed by atoms with Crippen molar-refractivity contribution in [2.24, 2.45) is 0 Å². The van der Waals surface area contributed by atoms with Crippen molar-refractivity contribution in [1.29, 1.82) is 0 Å². The molecular weight excluding hydrogens is 208 g/mol. The van der Waals surface area contributed by atoms with E-state index < -0.39 is 0 Å². The summed E-state index contributed by atoms with van der Waals surface area (Å²) in [6.07, 6.45) is 9.27. The van der Waals surface area contributed by atoms with Gasteiger partial charge in [0, 0.05) is 22.7 Å². The van der Waals surface area contributed by atoms with Crippen LogP contribution in [-0.4, -0.2) is 11.0 Å². The highest BCUT2D eigenvalue weighted by Gasteiger charge is 2.16. The number of para-hydroxylation sites is 1. The highest BCUT2D eigenvalue weighted by atomic mass is 14.9. The molecule has 0 spiro atoms. The summed E-state index contributed by atoms with van der Waals surface area (Å²) in [7, 11) is 0. The molecule has 1 fully saturated rings. The predicted molar refractivity (Wildman–Crippen MR) is 70.8 cm³/mol. The molecule has 1 aliphatic carbocycles. The van der Waals surface area contributed by atoms with E-state index in [2.05, 4.69) is 40.8 Å². The molecule has 1 aromatic heterocycles. The molecule has 0 aliphatic heterocycles. The number of aromatic amines is 1. The van der Waals surface area contributed by atoms with Crippen LogP contribution in [0, 0.1) is 0 Å². The van der Waals surface area contributed by atoms with Crippen LogP contribution >= 0.6 is 0 Å². The molecule has 3 rings (SSSR count). The summed E-state index contributed by atoms with van der Waals surface area (Å²) in [6, 6.07) is 9.45. The Hall–Kier alpha value is -1.28. The van der Waals surface area contributed by atoms with Crippen molar-refractivity contribution < 1.29 is 5.32 Å². The zero-order valence-corrected chi connectivity index (χ0v) is 10.3. The molecule has 2 heteroatoms. The van der Waals surface area contributed by atoms with Gasteiger partial charge >= 0.3 is 0 Å². The Morgan fingerprint density at radius 3 is 2.82 bits per heavy atom. The number of benzene rings is 1. The van der Waals surface area contributed by atoms with Gasteiger partial charge in [0.25, 0.3) is 0 Å². The highest BCUT2D eigenvalue weighted by Crippen LogP contribution is 2.18. The van der Waals surface area contributed by atoms with Gasteiger partial charge in [0.1, 0.15) is 6.54 Å². The maximum absolute atomic E-state index is 3.36. The van der Waals surface area contributed by atoms with Gasteiger partial charge in [-0.2, -0.15) is 0 Å². The molecule has 1 aliphatic rings. The average Bonchev–Trinajstić information content (AvgIpc) is 2.81. The predicted octanol–water partition coefficient (Wildman–Crippen LogP) is 2.56. The van der Waals surface area contributed by atoms with Gasteiger partial charge in [-0.1, -0.05) is 24.6 Å². The van der Waals surface area contributed by atoms with Gasteiger partial charge in [0.15, 0.2) is 0 Å². The average molecular weight is 229 g/mol. The lowest BCUT2D eigenvalue weighted by Crippen LogP contribution is -2.88. The van der Waals surface area contributed by atoms with E-state index in [1.54, 1.807) is 0 Å². The number of nitrogens with one attached hydrogen (secondary N) is 1. The normalized spacial score (nSPS) is 17.6. The first-order valence-electron chi connectivity index (χ1n) is 6.82. The zero-order valence-electron chi connectivity index (χ0n) is 10.3. The molecule has 17 heavy (non-hydrogen) atoms. The molecule has 1 heterocycles. The number of hydrogen-bond donors (Lipinski definition) is 2. The van der Waals surface area contributed by atoms with Gasteiger partial charge in [-0.15, -0.1) is 0 Å². The summed E-state index contributed by atoms with van der Waals surface area (Å²) in [5.41, 5.74) is 2.71. The molecule has 0 atom stereocenters. The Balaban J connectivity index is 1.68. The quantitative estimate of drug-likeness (QED) is 0.811. The van der Waals surface area contributed by atoms with Crippen LogP contribution in [0.25, 0.3) is 10.9 Å². The van der Waals surface area contributed by atoms with Crippen LogP contribution in [0.15, 0.2) is 30.5 Å². The second-order valence-corrected chi connectivity index (χ2v) is 5.20. The largest absolute Gasteiger partial charge is 0.361 e.